The Bertz CT molecular complexity index is 585. The summed E-state index contributed by atoms with van der Waals surface area (Å²) < 4.78 is 41.2. The molecule has 2 fully saturated rings. The van der Waals surface area contributed by atoms with Crippen molar-refractivity contribution in [1.82, 2.24) is 0 Å². The van der Waals surface area contributed by atoms with Crippen molar-refractivity contribution in [3.05, 3.63) is 29.8 Å². The van der Waals surface area contributed by atoms with Crippen molar-refractivity contribution in [3.63, 3.8) is 0 Å². The predicted molar refractivity (Wildman–Crippen MR) is 80.5 cm³/mol. The van der Waals surface area contributed by atoms with E-state index in [0.717, 1.165) is 5.56 Å². The van der Waals surface area contributed by atoms with Gasteiger partial charge in [0.15, 0.2) is 0 Å². The molecule has 7 heteroatoms. The summed E-state index contributed by atoms with van der Waals surface area (Å²) in [6.45, 7) is 2.72. The Labute approximate surface area is 131 Å². The number of aryl methyl sites for hydroxylation is 1. The molecule has 2 aliphatic rings. The van der Waals surface area contributed by atoms with E-state index in [1.807, 2.05) is 6.92 Å². The second-order valence-corrected chi connectivity index (χ2v) is 8.19. The highest BCUT2D eigenvalue weighted by molar-refractivity contribution is 14.1. The largest absolute Gasteiger partial charge is 0.371 e. The average Bonchev–Trinajstić information content (AvgIpc) is 2.95. The molecule has 0 aliphatic carbocycles. The van der Waals surface area contributed by atoms with Crippen molar-refractivity contribution in [2.45, 2.75) is 34.1 Å². The van der Waals surface area contributed by atoms with Gasteiger partial charge in [-0.05, 0) is 19.1 Å². The number of alkyl halides is 1. The summed E-state index contributed by atoms with van der Waals surface area (Å²) in [5, 5.41) is 0. The molecule has 0 radical (unpaired) electrons. The third-order valence-corrected chi connectivity index (χ3v) is 5.93. The van der Waals surface area contributed by atoms with Crippen LogP contribution in [0.2, 0.25) is 0 Å². The van der Waals surface area contributed by atoms with E-state index < -0.39 is 16.2 Å². The van der Waals surface area contributed by atoms with Crippen LogP contribution < -0.4 is 0 Å². The molecular weight excluding hydrogens is 395 g/mol. The topological polar surface area (TPSA) is 61.8 Å². The van der Waals surface area contributed by atoms with E-state index in [2.05, 4.69) is 22.6 Å². The summed E-state index contributed by atoms with van der Waals surface area (Å²) in [6, 6.07) is 6.59. The highest BCUT2D eigenvalue weighted by Crippen LogP contribution is 2.34. The van der Waals surface area contributed by atoms with Crippen molar-refractivity contribution in [2.24, 2.45) is 0 Å². The van der Waals surface area contributed by atoms with E-state index in [1.54, 1.807) is 24.3 Å². The molecule has 2 saturated heterocycles. The molecule has 110 valence electrons. The lowest BCUT2D eigenvalue weighted by Crippen LogP contribution is -2.33. The molecule has 2 aliphatic heterocycles. The Morgan fingerprint density at radius 1 is 1.15 bits per heavy atom. The molecule has 3 rings (SSSR count). The molecule has 0 N–H and O–H groups in total. The molecule has 5 nitrogen and oxygen atoms in total. The van der Waals surface area contributed by atoms with Crippen molar-refractivity contribution in [2.75, 3.05) is 13.2 Å². The minimum absolute atomic E-state index is 0.0752. The fourth-order valence-corrected chi connectivity index (χ4v) is 4.32. The minimum atomic E-state index is -3.78. The quantitative estimate of drug-likeness (QED) is 0.431. The van der Waals surface area contributed by atoms with E-state index >= 15 is 0 Å². The summed E-state index contributed by atoms with van der Waals surface area (Å²) in [4.78, 5) is 0.163. The third-order valence-electron chi connectivity index (χ3n) is 3.51. The van der Waals surface area contributed by atoms with Crippen LogP contribution in [0.15, 0.2) is 29.2 Å². The van der Waals surface area contributed by atoms with Gasteiger partial charge in [-0.15, -0.1) is 0 Å². The highest BCUT2D eigenvalue weighted by atomic mass is 127. The van der Waals surface area contributed by atoms with Gasteiger partial charge in [0.1, 0.15) is 18.3 Å². The van der Waals surface area contributed by atoms with Gasteiger partial charge in [0.05, 0.1) is 22.0 Å². The SMILES string of the molecule is Cc1ccc(S(=O)(=O)OC2COC3C(I)COC23)cc1. The highest BCUT2D eigenvalue weighted by Gasteiger charge is 2.48. The molecule has 4 atom stereocenters. The predicted octanol–water partition coefficient (Wildman–Crippen LogP) is 1.67. The Hall–Kier alpha value is -0.220. The first-order chi connectivity index (χ1) is 9.47. The first-order valence-corrected chi connectivity index (χ1v) is 9.00. The standard InChI is InChI=1S/C13H15IO5S/c1-8-2-4-9(5-3-8)20(15,16)19-11-7-18-12-10(14)6-17-13(11)12/h2-5,10-13H,6-7H2,1H3. The van der Waals surface area contributed by atoms with Gasteiger partial charge in [0.25, 0.3) is 10.1 Å². The van der Waals surface area contributed by atoms with Crippen molar-refractivity contribution >= 4 is 32.7 Å². The molecule has 0 spiro atoms. The van der Waals surface area contributed by atoms with Crippen LogP contribution in [0, 0.1) is 6.92 Å². The normalized spacial score (nSPS) is 33.3. The van der Waals surface area contributed by atoms with E-state index in [-0.39, 0.29) is 27.6 Å². The molecule has 0 saturated carbocycles. The van der Waals surface area contributed by atoms with Gasteiger partial charge < -0.3 is 9.47 Å². The number of fused-ring (bicyclic) bond motifs is 1. The summed E-state index contributed by atoms with van der Waals surface area (Å²) in [5.41, 5.74) is 1.00. The van der Waals surface area contributed by atoms with Crippen molar-refractivity contribution in [3.8, 4) is 0 Å². The number of hydrogen-bond acceptors (Lipinski definition) is 5. The molecule has 0 bridgehead atoms. The van der Waals surface area contributed by atoms with Gasteiger partial charge in [-0.25, -0.2) is 0 Å². The zero-order chi connectivity index (χ0) is 14.3. The summed E-state index contributed by atoms with van der Waals surface area (Å²) in [6.07, 6.45) is -0.933. The monoisotopic (exact) mass is 410 g/mol. The van der Waals surface area contributed by atoms with Crippen LogP contribution in [0.4, 0.5) is 0 Å². The smallest absolute Gasteiger partial charge is 0.297 e. The lowest BCUT2D eigenvalue weighted by molar-refractivity contribution is 0.0337. The first-order valence-electron chi connectivity index (χ1n) is 6.34. The summed E-state index contributed by atoms with van der Waals surface area (Å²) >= 11 is 2.26. The average molecular weight is 410 g/mol. The van der Waals surface area contributed by atoms with Crippen LogP contribution in [0.3, 0.4) is 0 Å². The number of halogens is 1. The van der Waals surface area contributed by atoms with Gasteiger partial charge in [0.2, 0.25) is 0 Å². The fourth-order valence-electron chi connectivity index (χ4n) is 2.42. The maximum Gasteiger partial charge on any atom is 0.297 e. The molecule has 1 aromatic rings. The molecule has 0 aromatic heterocycles. The van der Waals surface area contributed by atoms with Gasteiger partial charge in [-0.1, -0.05) is 40.3 Å². The van der Waals surface area contributed by atoms with Crippen molar-refractivity contribution < 1.29 is 22.1 Å². The number of benzene rings is 1. The molecule has 20 heavy (non-hydrogen) atoms. The lowest BCUT2D eigenvalue weighted by Gasteiger charge is -2.16. The van der Waals surface area contributed by atoms with Crippen LogP contribution in [0.5, 0.6) is 0 Å². The van der Waals surface area contributed by atoms with Gasteiger partial charge in [-0.2, -0.15) is 8.42 Å². The Balaban J connectivity index is 1.76. The van der Waals surface area contributed by atoms with Crippen LogP contribution >= 0.6 is 22.6 Å². The number of hydrogen-bond donors (Lipinski definition) is 0. The molecule has 4 unspecified atom stereocenters. The van der Waals surface area contributed by atoms with Crippen molar-refractivity contribution in [1.29, 1.82) is 0 Å². The Kier molecular flexibility index (Phi) is 4.06. The maximum atomic E-state index is 12.2. The third kappa shape index (κ3) is 2.74. The Morgan fingerprint density at radius 2 is 1.80 bits per heavy atom. The minimum Gasteiger partial charge on any atom is -0.371 e. The van der Waals surface area contributed by atoms with Gasteiger partial charge in [0, 0.05) is 0 Å². The molecular formula is C13H15IO5S. The van der Waals surface area contributed by atoms with E-state index in [0.29, 0.717) is 6.61 Å². The zero-order valence-electron chi connectivity index (χ0n) is 10.9. The van der Waals surface area contributed by atoms with E-state index in [9.17, 15) is 8.42 Å². The van der Waals surface area contributed by atoms with Gasteiger partial charge in [-0.3, -0.25) is 4.18 Å². The van der Waals surface area contributed by atoms with E-state index in [4.69, 9.17) is 13.7 Å². The fraction of sp³-hybridized carbons (Fsp3) is 0.538. The van der Waals surface area contributed by atoms with Crippen LogP contribution in [0.1, 0.15) is 5.56 Å². The Morgan fingerprint density at radius 3 is 2.50 bits per heavy atom. The molecule has 2 heterocycles. The molecule has 0 amide bonds. The number of rotatable bonds is 3. The summed E-state index contributed by atoms with van der Waals surface area (Å²) in [5.74, 6) is 0. The second-order valence-electron chi connectivity index (χ2n) is 5.01. The van der Waals surface area contributed by atoms with Crippen LogP contribution in [0.25, 0.3) is 0 Å². The second kappa shape index (κ2) is 5.53. The zero-order valence-corrected chi connectivity index (χ0v) is 13.8. The van der Waals surface area contributed by atoms with Gasteiger partial charge >= 0.3 is 0 Å². The first kappa shape index (κ1) is 14.7. The van der Waals surface area contributed by atoms with Crippen LogP contribution in [-0.4, -0.2) is 43.9 Å². The number of ether oxygens (including phenoxy) is 2. The van der Waals surface area contributed by atoms with E-state index in [1.165, 1.54) is 0 Å². The maximum absolute atomic E-state index is 12.2. The summed E-state index contributed by atoms with van der Waals surface area (Å²) in [7, 11) is -3.78. The lowest BCUT2D eigenvalue weighted by atomic mass is 10.1. The van der Waals surface area contributed by atoms with Crippen LogP contribution in [-0.2, 0) is 23.8 Å². The molecule has 1 aromatic carbocycles.